The van der Waals surface area contributed by atoms with Crippen LogP contribution in [0.3, 0.4) is 0 Å². The summed E-state index contributed by atoms with van der Waals surface area (Å²) in [6.07, 6.45) is 2.81. The van der Waals surface area contributed by atoms with Crippen LogP contribution in [0.4, 0.5) is 0 Å². The number of carbonyl (C=O) groups excluding carboxylic acids is 3. The van der Waals surface area contributed by atoms with Gasteiger partial charge in [-0.2, -0.15) is 24.4 Å². The van der Waals surface area contributed by atoms with Crippen LogP contribution in [0, 0.1) is 5.92 Å². The molecule has 1 rings (SSSR count). The molecule has 0 aliphatic rings. The van der Waals surface area contributed by atoms with Crippen molar-refractivity contribution in [2.75, 3.05) is 17.8 Å². The fourth-order valence-electron chi connectivity index (χ4n) is 3.15. The van der Waals surface area contributed by atoms with E-state index in [0.717, 1.165) is 5.56 Å². The van der Waals surface area contributed by atoms with Gasteiger partial charge >= 0.3 is 5.97 Å². The van der Waals surface area contributed by atoms with E-state index in [1.165, 1.54) is 0 Å². The zero-order chi connectivity index (χ0) is 25.7. The number of nitrogens with two attached hydrogens (primary N) is 1. The molecule has 9 nitrogen and oxygen atoms in total. The minimum absolute atomic E-state index is 0.0474. The number of carboxylic acids is 1. The standard InChI is InChI=1S/C23H36N4O5S2/c1-14(2)11-18(23(31)32)26-22(30)19(13-33)27-21(29)17(12-15-7-5-4-6-8-15)25-20(28)16(24)9-10-34-3/h4-8,14,16-19,33H,9-13,24H2,1-3H3,(H,25,28)(H,26,30)(H,27,29)(H,31,32). The summed E-state index contributed by atoms with van der Waals surface area (Å²) in [6.45, 7) is 3.70. The first-order valence-electron chi connectivity index (χ1n) is 11.1. The van der Waals surface area contributed by atoms with Crippen LogP contribution in [0.2, 0.25) is 0 Å². The van der Waals surface area contributed by atoms with E-state index in [9.17, 15) is 24.3 Å². The van der Waals surface area contributed by atoms with Gasteiger partial charge in [0.2, 0.25) is 17.7 Å². The smallest absolute Gasteiger partial charge is 0.326 e. The van der Waals surface area contributed by atoms with E-state index in [0.29, 0.717) is 12.2 Å². The summed E-state index contributed by atoms with van der Waals surface area (Å²) in [4.78, 5) is 49.9. The number of aliphatic carboxylic acids is 1. The quantitative estimate of drug-likeness (QED) is 0.190. The maximum atomic E-state index is 13.1. The summed E-state index contributed by atoms with van der Waals surface area (Å²) in [5, 5.41) is 17.1. The predicted octanol–water partition coefficient (Wildman–Crippen LogP) is 0.824. The van der Waals surface area contributed by atoms with Gasteiger partial charge in [0, 0.05) is 12.2 Å². The van der Waals surface area contributed by atoms with Crippen molar-refractivity contribution in [2.45, 2.75) is 57.3 Å². The molecular formula is C23H36N4O5S2. The molecule has 0 bridgehead atoms. The lowest BCUT2D eigenvalue weighted by Gasteiger charge is -2.25. The second-order valence-electron chi connectivity index (χ2n) is 8.41. The second kappa shape index (κ2) is 15.6. The Morgan fingerprint density at radius 3 is 2.06 bits per heavy atom. The van der Waals surface area contributed by atoms with Crippen molar-refractivity contribution >= 4 is 48.1 Å². The van der Waals surface area contributed by atoms with Gasteiger partial charge in [0.1, 0.15) is 18.1 Å². The molecule has 0 spiro atoms. The number of amides is 3. The average Bonchev–Trinajstić information content (AvgIpc) is 2.79. The molecule has 3 amide bonds. The molecule has 0 aromatic heterocycles. The molecule has 0 radical (unpaired) electrons. The van der Waals surface area contributed by atoms with E-state index in [-0.39, 0.29) is 24.5 Å². The van der Waals surface area contributed by atoms with Crippen LogP contribution < -0.4 is 21.7 Å². The van der Waals surface area contributed by atoms with E-state index < -0.39 is 47.9 Å². The highest BCUT2D eigenvalue weighted by Gasteiger charge is 2.30. The minimum Gasteiger partial charge on any atom is -0.480 e. The summed E-state index contributed by atoms with van der Waals surface area (Å²) in [5.41, 5.74) is 6.77. The molecule has 0 saturated heterocycles. The molecule has 4 unspecified atom stereocenters. The number of thiol groups is 1. The fraction of sp³-hybridized carbons (Fsp3) is 0.565. The van der Waals surface area contributed by atoms with Crippen LogP contribution in [0.1, 0.15) is 32.3 Å². The molecule has 0 heterocycles. The van der Waals surface area contributed by atoms with Gasteiger partial charge in [0.05, 0.1) is 6.04 Å². The number of hydrogen-bond acceptors (Lipinski definition) is 7. The predicted molar refractivity (Wildman–Crippen MR) is 138 cm³/mol. The summed E-state index contributed by atoms with van der Waals surface area (Å²) >= 11 is 5.72. The third kappa shape index (κ3) is 10.8. The molecule has 1 aromatic carbocycles. The lowest BCUT2D eigenvalue weighted by atomic mass is 10.0. The van der Waals surface area contributed by atoms with Gasteiger partial charge in [-0.1, -0.05) is 44.2 Å². The Bertz CT molecular complexity index is 810. The monoisotopic (exact) mass is 512 g/mol. The zero-order valence-corrected chi connectivity index (χ0v) is 21.5. The molecule has 6 N–H and O–H groups in total. The highest BCUT2D eigenvalue weighted by molar-refractivity contribution is 7.98. The van der Waals surface area contributed by atoms with Crippen molar-refractivity contribution in [2.24, 2.45) is 11.7 Å². The number of nitrogens with one attached hydrogen (secondary N) is 3. The Morgan fingerprint density at radius 2 is 1.53 bits per heavy atom. The van der Waals surface area contributed by atoms with Crippen molar-refractivity contribution in [1.29, 1.82) is 0 Å². The van der Waals surface area contributed by atoms with Crippen LogP contribution in [0.25, 0.3) is 0 Å². The van der Waals surface area contributed by atoms with Crippen LogP contribution in [-0.4, -0.2) is 70.7 Å². The van der Waals surface area contributed by atoms with Gasteiger partial charge in [-0.15, -0.1) is 0 Å². The van der Waals surface area contributed by atoms with E-state index in [1.807, 2.05) is 50.4 Å². The van der Waals surface area contributed by atoms with Gasteiger partial charge in [-0.05, 0) is 36.3 Å². The molecule has 34 heavy (non-hydrogen) atoms. The van der Waals surface area contributed by atoms with Crippen molar-refractivity contribution in [3.05, 3.63) is 35.9 Å². The van der Waals surface area contributed by atoms with Crippen molar-refractivity contribution < 1.29 is 24.3 Å². The van der Waals surface area contributed by atoms with Crippen LogP contribution in [-0.2, 0) is 25.6 Å². The number of benzene rings is 1. The van der Waals surface area contributed by atoms with Gasteiger partial charge in [0.15, 0.2) is 0 Å². The maximum absolute atomic E-state index is 13.1. The lowest BCUT2D eigenvalue weighted by Crippen LogP contribution is -2.58. The van der Waals surface area contributed by atoms with Crippen LogP contribution in [0.5, 0.6) is 0 Å². The van der Waals surface area contributed by atoms with Gasteiger partial charge in [-0.3, -0.25) is 14.4 Å². The van der Waals surface area contributed by atoms with Crippen LogP contribution >= 0.6 is 24.4 Å². The summed E-state index contributed by atoms with van der Waals surface area (Å²) in [5.74, 6) is -2.15. The molecule has 0 fully saturated rings. The summed E-state index contributed by atoms with van der Waals surface area (Å²) in [6, 6.07) is 5.23. The Kier molecular flexibility index (Phi) is 13.7. The third-order valence-electron chi connectivity index (χ3n) is 5.02. The Balaban J connectivity index is 2.95. The minimum atomic E-state index is -1.15. The highest BCUT2D eigenvalue weighted by Crippen LogP contribution is 2.08. The zero-order valence-electron chi connectivity index (χ0n) is 19.8. The highest BCUT2D eigenvalue weighted by atomic mass is 32.2. The number of hydrogen-bond donors (Lipinski definition) is 6. The summed E-state index contributed by atoms with van der Waals surface area (Å²) in [7, 11) is 0. The number of thioether (sulfide) groups is 1. The number of carbonyl (C=O) groups is 4. The molecule has 1 aromatic rings. The molecular weight excluding hydrogens is 476 g/mol. The fourth-order valence-corrected chi connectivity index (χ4v) is 3.89. The van der Waals surface area contributed by atoms with E-state index in [1.54, 1.807) is 11.8 Å². The Labute approximate surface area is 210 Å². The first-order valence-corrected chi connectivity index (χ1v) is 13.1. The first kappa shape index (κ1) is 29.8. The number of rotatable bonds is 15. The summed E-state index contributed by atoms with van der Waals surface area (Å²) < 4.78 is 0. The van der Waals surface area contributed by atoms with E-state index >= 15 is 0 Å². The SMILES string of the molecule is CSCCC(N)C(=O)NC(Cc1ccccc1)C(=O)NC(CS)C(=O)NC(CC(C)C)C(=O)O. The Morgan fingerprint density at radius 1 is 0.971 bits per heavy atom. The second-order valence-corrected chi connectivity index (χ2v) is 9.76. The van der Waals surface area contributed by atoms with Gasteiger partial charge in [-0.25, -0.2) is 4.79 Å². The molecule has 11 heteroatoms. The Hall–Kier alpha value is -2.24. The largest absolute Gasteiger partial charge is 0.480 e. The first-order chi connectivity index (χ1) is 16.1. The van der Waals surface area contributed by atoms with Crippen LogP contribution in [0.15, 0.2) is 30.3 Å². The third-order valence-corrected chi connectivity index (χ3v) is 6.03. The lowest BCUT2D eigenvalue weighted by molar-refractivity contribution is -0.142. The van der Waals surface area contributed by atoms with E-state index in [4.69, 9.17) is 5.73 Å². The molecule has 190 valence electrons. The van der Waals surface area contributed by atoms with Crippen molar-refractivity contribution in [1.82, 2.24) is 16.0 Å². The number of carboxylic acid groups (broad SMARTS) is 1. The van der Waals surface area contributed by atoms with Crippen molar-refractivity contribution in [3.63, 3.8) is 0 Å². The molecule has 4 atom stereocenters. The van der Waals surface area contributed by atoms with Crippen molar-refractivity contribution in [3.8, 4) is 0 Å². The normalized spacial score (nSPS) is 14.5. The van der Waals surface area contributed by atoms with E-state index in [2.05, 4.69) is 28.6 Å². The average molecular weight is 513 g/mol. The molecule has 0 saturated carbocycles. The van der Waals surface area contributed by atoms with Gasteiger partial charge < -0.3 is 26.8 Å². The molecule has 0 aliphatic heterocycles. The topological polar surface area (TPSA) is 151 Å². The molecule has 0 aliphatic carbocycles. The maximum Gasteiger partial charge on any atom is 0.326 e. The van der Waals surface area contributed by atoms with Gasteiger partial charge in [0.25, 0.3) is 0 Å².